The van der Waals surface area contributed by atoms with Crippen molar-refractivity contribution in [1.29, 1.82) is 0 Å². The molecule has 0 spiro atoms. The summed E-state index contributed by atoms with van der Waals surface area (Å²) in [5.74, 6) is 1.93. The van der Waals surface area contributed by atoms with Gasteiger partial charge < -0.3 is 0 Å². The summed E-state index contributed by atoms with van der Waals surface area (Å²) < 4.78 is 13.3. The van der Waals surface area contributed by atoms with Gasteiger partial charge in [-0.25, -0.2) is 14.4 Å². The molecule has 18 heavy (non-hydrogen) atoms. The third kappa shape index (κ3) is 1.99. The largest absolute Gasteiger partial charge is 0.232 e. The molecule has 0 saturated carbocycles. The van der Waals surface area contributed by atoms with Gasteiger partial charge in [0.15, 0.2) is 5.82 Å². The molecule has 2 heterocycles. The third-order valence-corrected chi connectivity index (χ3v) is 4.25. The van der Waals surface area contributed by atoms with Gasteiger partial charge in [0.1, 0.15) is 11.0 Å². The Kier molecular flexibility index (Phi) is 2.99. The monoisotopic (exact) mass is 280 g/mol. The molecule has 3 rings (SSSR count). The zero-order valence-corrected chi connectivity index (χ0v) is 11.3. The van der Waals surface area contributed by atoms with E-state index in [-0.39, 0.29) is 5.82 Å². The van der Waals surface area contributed by atoms with E-state index in [2.05, 4.69) is 9.97 Å². The van der Waals surface area contributed by atoms with E-state index in [4.69, 9.17) is 11.6 Å². The number of fused-ring (bicyclic) bond motifs is 1. The van der Waals surface area contributed by atoms with Crippen molar-refractivity contribution in [1.82, 2.24) is 9.97 Å². The molecule has 0 saturated heterocycles. The van der Waals surface area contributed by atoms with Crippen LogP contribution in [0.25, 0.3) is 11.4 Å². The van der Waals surface area contributed by atoms with E-state index in [0.29, 0.717) is 16.5 Å². The van der Waals surface area contributed by atoms with Crippen LogP contribution in [0.1, 0.15) is 16.8 Å². The Morgan fingerprint density at radius 3 is 2.94 bits per heavy atom. The molecular formula is C13H10ClFN2S. The summed E-state index contributed by atoms with van der Waals surface area (Å²) in [5.41, 5.74) is 3.63. The predicted octanol–water partition coefficient (Wildman–Crippen LogP) is 3.99. The summed E-state index contributed by atoms with van der Waals surface area (Å²) in [4.78, 5) is 8.79. The van der Waals surface area contributed by atoms with E-state index in [1.807, 2.05) is 6.92 Å². The van der Waals surface area contributed by atoms with E-state index in [1.54, 1.807) is 17.8 Å². The van der Waals surface area contributed by atoms with Gasteiger partial charge in [0.25, 0.3) is 0 Å². The molecule has 1 aromatic heterocycles. The number of hydrogen-bond donors (Lipinski definition) is 0. The lowest BCUT2D eigenvalue weighted by Crippen LogP contribution is -1.99. The first-order chi connectivity index (χ1) is 8.65. The highest BCUT2D eigenvalue weighted by molar-refractivity contribution is 7.98. The average molecular weight is 281 g/mol. The van der Waals surface area contributed by atoms with Crippen molar-refractivity contribution in [3.63, 3.8) is 0 Å². The summed E-state index contributed by atoms with van der Waals surface area (Å²) in [6, 6.07) is 4.61. The number of benzene rings is 1. The molecule has 0 bridgehead atoms. The minimum absolute atomic E-state index is 0.287. The normalized spacial score (nSPS) is 13.7. The van der Waals surface area contributed by atoms with Crippen LogP contribution in [-0.4, -0.2) is 9.97 Å². The minimum atomic E-state index is -0.287. The average Bonchev–Trinajstić information content (AvgIpc) is 2.81. The van der Waals surface area contributed by atoms with E-state index < -0.39 is 0 Å². The van der Waals surface area contributed by atoms with E-state index in [0.717, 1.165) is 28.3 Å². The van der Waals surface area contributed by atoms with Gasteiger partial charge in [-0.05, 0) is 24.6 Å². The quantitative estimate of drug-likeness (QED) is 0.739. The molecule has 0 fully saturated rings. The molecule has 0 N–H and O–H groups in total. The van der Waals surface area contributed by atoms with Gasteiger partial charge >= 0.3 is 0 Å². The van der Waals surface area contributed by atoms with Crippen molar-refractivity contribution < 1.29 is 4.39 Å². The number of nitrogens with zero attached hydrogens (tertiary/aromatic N) is 2. The number of thioether (sulfide) groups is 1. The minimum Gasteiger partial charge on any atom is -0.232 e. The number of hydrogen-bond acceptors (Lipinski definition) is 3. The highest BCUT2D eigenvalue weighted by Gasteiger charge is 2.19. The molecule has 1 aliphatic rings. The van der Waals surface area contributed by atoms with Gasteiger partial charge in [0.2, 0.25) is 0 Å². The molecular weight excluding hydrogens is 271 g/mol. The third-order valence-electron chi connectivity index (χ3n) is 2.97. The number of halogens is 2. The van der Waals surface area contributed by atoms with Crippen LogP contribution in [0.5, 0.6) is 0 Å². The first kappa shape index (κ1) is 11.9. The van der Waals surface area contributed by atoms with Crippen LogP contribution in [0, 0.1) is 12.7 Å². The molecule has 1 aromatic carbocycles. The Labute approximate surface area is 114 Å². The maximum Gasteiger partial charge on any atom is 0.161 e. The van der Waals surface area contributed by atoms with Crippen LogP contribution in [0.2, 0.25) is 5.15 Å². The maximum absolute atomic E-state index is 13.3. The van der Waals surface area contributed by atoms with Gasteiger partial charge in [-0.1, -0.05) is 17.7 Å². The molecule has 0 amide bonds. The lowest BCUT2D eigenvalue weighted by molar-refractivity contribution is 0.627. The smallest absolute Gasteiger partial charge is 0.161 e. The first-order valence-corrected chi connectivity index (χ1v) is 7.08. The Hall–Kier alpha value is -1.13. The Morgan fingerprint density at radius 2 is 2.11 bits per heavy atom. The van der Waals surface area contributed by atoms with Crippen LogP contribution in [-0.2, 0) is 11.5 Å². The zero-order valence-electron chi connectivity index (χ0n) is 9.70. The molecule has 0 aliphatic carbocycles. The van der Waals surface area contributed by atoms with Crippen LogP contribution in [0.3, 0.4) is 0 Å². The fourth-order valence-electron chi connectivity index (χ4n) is 1.97. The van der Waals surface area contributed by atoms with Crippen molar-refractivity contribution in [2.75, 3.05) is 0 Å². The summed E-state index contributed by atoms with van der Waals surface area (Å²) in [6.45, 7) is 1.91. The standard InChI is InChI=1S/C13H10ClFN2S/c1-7-2-3-8(15)4-9(7)13-16-11-6-18-5-10(11)12(14)17-13/h2-4H,5-6H2,1H3. The van der Waals surface area contributed by atoms with Crippen molar-refractivity contribution in [3.8, 4) is 11.4 Å². The second kappa shape index (κ2) is 4.52. The topological polar surface area (TPSA) is 25.8 Å². The predicted molar refractivity (Wildman–Crippen MR) is 72.2 cm³/mol. The van der Waals surface area contributed by atoms with Crippen molar-refractivity contribution in [2.45, 2.75) is 18.4 Å². The Morgan fingerprint density at radius 1 is 1.28 bits per heavy atom. The fraction of sp³-hybridized carbons (Fsp3) is 0.231. The molecule has 1 aliphatic heterocycles. The summed E-state index contributed by atoms with van der Waals surface area (Å²) >= 11 is 7.93. The van der Waals surface area contributed by atoms with Crippen molar-refractivity contribution in [2.24, 2.45) is 0 Å². The Balaban J connectivity index is 2.18. The fourth-order valence-corrected chi connectivity index (χ4v) is 3.34. The molecule has 0 atom stereocenters. The van der Waals surface area contributed by atoms with E-state index >= 15 is 0 Å². The molecule has 92 valence electrons. The second-order valence-electron chi connectivity index (χ2n) is 4.22. The highest BCUT2D eigenvalue weighted by Crippen LogP contribution is 2.34. The molecule has 0 unspecified atom stereocenters. The summed E-state index contributed by atoms with van der Waals surface area (Å²) in [6.07, 6.45) is 0. The summed E-state index contributed by atoms with van der Waals surface area (Å²) in [5, 5.41) is 0.490. The maximum atomic E-state index is 13.3. The molecule has 2 nitrogen and oxygen atoms in total. The van der Waals surface area contributed by atoms with Crippen LogP contribution in [0.4, 0.5) is 4.39 Å². The van der Waals surface area contributed by atoms with Gasteiger partial charge in [-0.3, -0.25) is 0 Å². The van der Waals surface area contributed by atoms with Crippen LogP contribution >= 0.6 is 23.4 Å². The molecule has 5 heteroatoms. The lowest BCUT2D eigenvalue weighted by Gasteiger charge is -2.07. The van der Waals surface area contributed by atoms with Crippen LogP contribution in [0.15, 0.2) is 18.2 Å². The van der Waals surface area contributed by atoms with Crippen molar-refractivity contribution in [3.05, 3.63) is 46.0 Å². The van der Waals surface area contributed by atoms with Gasteiger partial charge in [-0.2, -0.15) is 11.8 Å². The van der Waals surface area contributed by atoms with Gasteiger partial charge in [0.05, 0.1) is 5.69 Å². The second-order valence-corrected chi connectivity index (χ2v) is 5.56. The number of aromatic nitrogens is 2. The summed E-state index contributed by atoms with van der Waals surface area (Å²) in [7, 11) is 0. The number of aryl methyl sites for hydroxylation is 1. The number of rotatable bonds is 1. The lowest BCUT2D eigenvalue weighted by atomic mass is 10.1. The van der Waals surface area contributed by atoms with E-state index in [1.165, 1.54) is 12.1 Å². The van der Waals surface area contributed by atoms with Crippen LogP contribution < -0.4 is 0 Å². The van der Waals surface area contributed by atoms with Gasteiger partial charge in [0, 0.05) is 22.6 Å². The zero-order chi connectivity index (χ0) is 12.7. The SMILES string of the molecule is Cc1ccc(F)cc1-c1nc(Cl)c2c(n1)CSC2. The molecule has 0 radical (unpaired) electrons. The van der Waals surface area contributed by atoms with Crippen molar-refractivity contribution >= 4 is 23.4 Å². The van der Waals surface area contributed by atoms with Gasteiger partial charge in [-0.15, -0.1) is 0 Å². The first-order valence-electron chi connectivity index (χ1n) is 5.54. The molecule has 2 aromatic rings. The highest BCUT2D eigenvalue weighted by atomic mass is 35.5. The Bertz CT molecular complexity index is 631. The van der Waals surface area contributed by atoms with E-state index in [9.17, 15) is 4.39 Å².